The monoisotopic (exact) mass is 1000 g/mol. The molecule has 2 fully saturated rings. The Balaban J connectivity index is 1.27. The first-order valence-corrected chi connectivity index (χ1v) is 23.4. The van der Waals surface area contributed by atoms with Crippen molar-refractivity contribution in [2.45, 2.75) is 108 Å². The summed E-state index contributed by atoms with van der Waals surface area (Å²) in [4.78, 5) is 92.5. The maximum atomic E-state index is 14.4. The number of nitrogens with zero attached hydrogens (tertiary/aromatic N) is 2. The lowest BCUT2D eigenvalue weighted by molar-refractivity contribution is -0.273. The number of esters is 2. The van der Waals surface area contributed by atoms with Crippen molar-refractivity contribution < 1.29 is 72.1 Å². The number of benzene rings is 3. The number of aryl methyl sites for hydroxylation is 1. The average molecular weight is 1000 g/mol. The summed E-state index contributed by atoms with van der Waals surface area (Å²) < 4.78 is 49.2. The Morgan fingerprint density at radius 2 is 1.43 bits per heavy atom. The Labute approximate surface area is 415 Å². The first-order valence-electron chi connectivity index (χ1n) is 23.4. The maximum absolute atomic E-state index is 14.4. The predicted octanol–water partition coefficient (Wildman–Crippen LogP) is 3.10. The van der Waals surface area contributed by atoms with Crippen molar-refractivity contribution in [3.63, 3.8) is 0 Å². The molecule has 0 saturated carbocycles. The van der Waals surface area contributed by atoms with Crippen LogP contribution in [0.3, 0.4) is 0 Å². The number of amides is 2. The van der Waals surface area contributed by atoms with Crippen LogP contribution in [-0.2, 0) is 58.0 Å². The molecule has 72 heavy (non-hydrogen) atoms. The van der Waals surface area contributed by atoms with Crippen molar-refractivity contribution in [2.24, 2.45) is 0 Å². The lowest BCUT2D eigenvalue weighted by atomic mass is 9.79. The van der Waals surface area contributed by atoms with Gasteiger partial charge < -0.3 is 58.3 Å². The van der Waals surface area contributed by atoms with E-state index in [1.807, 2.05) is 54.6 Å². The lowest BCUT2D eigenvalue weighted by Gasteiger charge is -2.47. The molecule has 0 radical (unpaired) electrons. The third-order valence-corrected chi connectivity index (χ3v) is 12.4. The molecule has 4 aromatic rings. The van der Waals surface area contributed by atoms with Crippen LogP contribution in [-0.4, -0.2) is 138 Å². The number of hydrogen-bond acceptors (Lipinski definition) is 16. The van der Waals surface area contributed by atoms with Gasteiger partial charge in [0.25, 0.3) is 5.56 Å². The van der Waals surface area contributed by atoms with E-state index in [9.17, 15) is 43.8 Å². The molecule has 2 aliphatic rings. The Morgan fingerprint density at radius 3 is 1.99 bits per heavy atom. The number of aliphatic hydroxyl groups excluding tert-OH is 1. The molecule has 1 aromatic heterocycles. The second-order valence-electron chi connectivity index (χ2n) is 17.6. The van der Waals surface area contributed by atoms with Gasteiger partial charge in [0.05, 0.1) is 40.5 Å². The zero-order chi connectivity index (χ0) is 52.2. The maximum Gasteiger partial charge on any atom is 0.330 e. The molecule has 0 spiro atoms. The minimum absolute atomic E-state index is 0.0594. The summed E-state index contributed by atoms with van der Waals surface area (Å²) in [6.45, 7) is 3.58. The molecular formula is C51H62N4O17. The summed E-state index contributed by atoms with van der Waals surface area (Å²) in [5.41, 5.74) is -2.14. The third kappa shape index (κ3) is 13.1. The van der Waals surface area contributed by atoms with Crippen LogP contribution in [0, 0.1) is 6.92 Å². The number of aromatic nitrogens is 2. The van der Waals surface area contributed by atoms with E-state index in [0.717, 1.165) is 13.8 Å². The number of aliphatic hydroxyl groups is 1. The van der Waals surface area contributed by atoms with Gasteiger partial charge in [-0.3, -0.25) is 38.3 Å². The fourth-order valence-electron chi connectivity index (χ4n) is 8.96. The first-order chi connectivity index (χ1) is 34.4. The van der Waals surface area contributed by atoms with Crippen LogP contribution in [0.4, 0.5) is 0 Å². The fourth-order valence-corrected chi connectivity index (χ4v) is 8.96. The van der Waals surface area contributed by atoms with Gasteiger partial charge in [0.15, 0.2) is 24.7 Å². The number of ether oxygens (including phenoxy) is 8. The summed E-state index contributed by atoms with van der Waals surface area (Å²) in [5.74, 6) is -2.42. The van der Waals surface area contributed by atoms with Crippen molar-refractivity contribution in [1.82, 2.24) is 19.8 Å². The van der Waals surface area contributed by atoms with Gasteiger partial charge in [0.2, 0.25) is 11.8 Å². The van der Waals surface area contributed by atoms with Gasteiger partial charge in [-0.05, 0) is 67.1 Å². The minimum Gasteiger partial charge on any atom is -0.497 e. The highest BCUT2D eigenvalue weighted by molar-refractivity contribution is 5.76. The minimum atomic E-state index is -1.67. The average Bonchev–Trinajstić information content (AvgIpc) is 3.36. The molecule has 4 N–H and O–H groups in total. The Hall–Kier alpha value is -6.91. The van der Waals surface area contributed by atoms with E-state index in [0.29, 0.717) is 28.2 Å². The van der Waals surface area contributed by atoms with E-state index < -0.39 is 96.2 Å². The molecule has 0 unspecified atom stereocenters. The number of unbranched alkanes of at least 4 members (excludes halogenated alkanes) is 1. The van der Waals surface area contributed by atoms with E-state index in [1.54, 1.807) is 38.5 Å². The fraction of sp³-hybridized carbons (Fsp3) is 0.471. The molecule has 7 atom stereocenters. The zero-order valence-electron chi connectivity index (χ0n) is 41.0. The molecule has 0 aliphatic carbocycles. The largest absolute Gasteiger partial charge is 0.497 e. The van der Waals surface area contributed by atoms with Crippen LogP contribution in [0.1, 0.15) is 81.4 Å². The smallest absolute Gasteiger partial charge is 0.330 e. The summed E-state index contributed by atoms with van der Waals surface area (Å²) in [5, 5.41) is 23.5. The molecule has 2 saturated heterocycles. The van der Waals surface area contributed by atoms with Crippen molar-refractivity contribution >= 4 is 29.7 Å². The number of carbonyl (C=O) groups is 5. The number of aliphatic carboxylic acids is 1. The lowest BCUT2D eigenvalue weighted by Crippen LogP contribution is -2.65. The molecule has 0 bridgehead atoms. The second-order valence-corrected chi connectivity index (χ2v) is 17.6. The highest BCUT2D eigenvalue weighted by Crippen LogP contribution is 2.43. The number of carboxylic acids is 1. The Morgan fingerprint density at radius 1 is 0.833 bits per heavy atom. The van der Waals surface area contributed by atoms with E-state index in [4.69, 9.17) is 37.9 Å². The number of aromatic amines is 1. The van der Waals surface area contributed by atoms with Gasteiger partial charge >= 0.3 is 23.6 Å². The Bertz CT molecular complexity index is 2570. The van der Waals surface area contributed by atoms with Crippen molar-refractivity contribution in [2.75, 3.05) is 47.1 Å². The van der Waals surface area contributed by atoms with Crippen molar-refractivity contribution in [1.29, 1.82) is 0 Å². The van der Waals surface area contributed by atoms with E-state index in [1.165, 1.54) is 29.5 Å². The number of hydrogen-bond donors (Lipinski definition) is 4. The van der Waals surface area contributed by atoms with E-state index in [-0.39, 0.29) is 63.5 Å². The molecule has 388 valence electrons. The zero-order valence-corrected chi connectivity index (χ0v) is 41.0. The quantitative estimate of drug-likeness (QED) is 0.0500. The summed E-state index contributed by atoms with van der Waals surface area (Å²) in [6.07, 6.45) is -5.03. The summed E-state index contributed by atoms with van der Waals surface area (Å²) in [7, 11) is 3.12. The van der Waals surface area contributed by atoms with Gasteiger partial charge in [0.1, 0.15) is 34.8 Å². The van der Waals surface area contributed by atoms with Crippen molar-refractivity contribution in [3.05, 3.63) is 128 Å². The van der Waals surface area contributed by atoms with E-state index in [2.05, 4.69) is 10.3 Å². The molecule has 6 rings (SSSR count). The van der Waals surface area contributed by atoms with E-state index >= 15 is 0 Å². The normalized spacial score (nSPS) is 22.1. The van der Waals surface area contributed by atoms with Gasteiger partial charge in [-0.25, -0.2) is 4.79 Å². The number of rotatable bonds is 22. The number of methoxy groups -OCH3 is 2. The molecule has 21 nitrogen and oxygen atoms in total. The van der Waals surface area contributed by atoms with Crippen LogP contribution >= 0.6 is 0 Å². The number of carboxylic acid groups (broad SMARTS) is 1. The van der Waals surface area contributed by atoms with Crippen molar-refractivity contribution in [3.8, 4) is 11.5 Å². The summed E-state index contributed by atoms with van der Waals surface area (Å²) >= 11 is 0. The molecule has 2 amide bonds. The van der Waals surface area contributed by atoms with Crippen LogP contribution in [0.15, 0.2) is 94.6 Å². The first kappa shape index (κ1) is 54.4. The second kappa shape index (κ2) is 24.5. The number of nitrogens with one attached hydrogen (secondary N) is 2. The summed E-state index contributed by atoms with van der Waals surface area (Å²) in [6, 6.07) is 22.9. The Kier molecular flexibility index (Phi) is 18.5. The van der Waals surface area contributed by atoms with Crippen LogP contribution < -0.4 is 26.0 Å². The van der Waals surface area contributed by atoms with Crippen LogP contribution in [0.5, 0.6) is 11.5 Å². The third-order valence-electron chi connectivity index (χ3n) is 12.4. The molecule has 21 heteroatoms. The highest BCUT2D eigenvalue weighted by Gasteiger charge is 2.51. The van der Waals surface area contributed by atoms with Gasteiger partial charge in [-0.1, -0.05) is 54.6 Å². The van der Waals surface area contributed by atoms with Gasteiger partial charge in [0, 0.05) is 52.0 Å². The van der Waals surface area contributed by atoms with Crippen LogP contribution in [0.25, 0.3) is 0 Å². The number of H-pyrrole nitrogens is 1. The topological polar surface area (TPSA) is 270 Å². The molecule has 3 heterocycles. The molecule has 3 aromatic carbocycles. The van der Waals surface area contributed by atoms with Crippen LogP contribution in [0.2, 0.25) is 0 Å². The number of carbonyl (C=O) groups excluding carboxylic acids is 4. The SMILES string of the molecule is COc1ccc(C(OC[C@]2(CO)CN(C(=O)CCCCO[C@@H]3O[C@H](CCC(=O)O)[C@@H](OC(C)=O)[C@H](OC(C)=O)[C@H]3NC(C)=O)C[C@H](n3cc(C)c(=O)[nH]c3=O)O2)(c2ccccc2)c2ccc(OC)cc2)cc1. The predicted molar refractivity (Wildman–Crippen MR) is 255 cm³/mol. The van der Waals surface area contributed by atoms with Gasteiger partial charge in [-0.15, -0.1) is 0 Å². The highest BCUT2D eigenvalue weighted by atomic mass is 16.7. The molecular weight excluding hydrogens is 941 g/mol. The number of morpholine rings is 1. The standard InChI is InChI=1S/C51H62N4O17/c1-31-26-55(49(64)53-47(31)63)42-27-54(41(60)14-10-11-25-67-48-44(52-32(2)57)46(70-34(4)59)45(69-33(3)58)40(71-48)23-24-43(61)62)28-50(29-56,72-42)30-68-51(35-12-8-7-9-13-35,36-15-19-38(65-5)20-16-36)37-17-21-39(66-6)22-18-37/h7-9,12-13,15-22,26,40,42,44-46,48,56H,10-11,14,23-25,27-30H2,1-6H3,(H,52,57)(H,61,62)(H,53,63,64)/t40-,42-,44-,45-,46-,48-,50-/m1/s1. The molecule has 2 aliphatic heterocycles. The van der Waals surface area contributed by atoms with Gasteiger partial charge in [-0.2, -0.15) is 0 Å².